The normalized spacial score (nSPS) is 13.3. The zero-order valence-corrected chi connectivity index (χ0v) is 7.44. The minimum Gasteiger partial charge on any atom is -0.325 e. The fourth-order valence-electron chi connectivity index (χ4n) is 1.17. The molecule has 0 radical (unpaired) electrons. The van der Waals surface area contributed by atoms with E-state index in [4.69, 9.17) is 5.73 Å². The molecule has 0 atom stereocenters. The van der Waals surface area contributed by atoms with Gasteiger partial charge in [-0.1, -0.05) is 0 Å². The molecule has 0 aliphatic rings. The van der Waals surface area contributed by atoms with Crippen molar-refractivity contribution in [1.82, 2.24) is 0 Å². The van der Waals surface area contributed by atoms with Crippen molar-refractivity contribution < 1.29 is 0 Å². The highest BCUT2D eigenvalue weighted by molar-refractivity contribution is 5.25. The lowest BCUT2D eigenvalue weighted by Gasteiger charge is -2.28. The van der Waals surface area contributed by atoms with E-state index in [0.29, 0.717) is 0 Å². The third-order valence-corrected chi connectivity index (χ3v) is 1.32. The predicted octanol–water partition coefficient (Wildman–Crippen LogP) is 1.59. The molecule has 0 aliphatic heterocycles. The smallest absolute Gasteiger partial charge is 0.0562 e. The lowest BCUT2D eigenvalue weighted by molar-refractivity contribution is 0.356. The van der Waals surface area contributed by atoms with Crippen LogP contribution in [0.25, 0.3) is 0 Å². The molecule has 0 aromatic heterocycles. The summed E-state index contributed by atoms with van der Waals surface area (Å²) in [5.41, 5.74) is 5.58. The van der Waals surface area contributed by atoms with Crippen LogP contribution in [0.15, 0.2) is 4.99 Å². The van der Waals surface area contributed by atoms with Crippen LogP contribution in [0, 0.1) is 0 Å². The number of rotatable bonds is 3. The van der Waals surface area contributed by atoms with Gasteiger partial charge in [0.25, 0.3) is 0 Å². The number of nitrogens with zero attached hydrogens (tertiary/aromatic N) is 1. The van der Waals surface area contributed by atoms with E-state index in [0.717, 1.165) is 6.42 Å². The van der Waals surface area contributed by atoms with Crippen LogP contribution < -0.4 is 5.73 Å². The van der Waals surface area contributed by atoms with E-state index in [2.05, 4.69) is 11.7 Å². The average Bonchev–Trinajstić information content (AvgIpc) is 1.60. The molecule has 0 saturated carbocycles. The Labute approximate surface area is 63.5 Å². The monoisotopic (exact) mass is 142 g/mol. The van der Waals surface area contributed by atoms with Gasteiger partial charge in [0.15, 0.2) is 0 Å². The van der Waals surface area contributed by atoms with Gasteiger partial charge in [0.05, 0.1) is 5.54 Å². The summed E-state index contributed by atoms with van der Waals surface area (Å²) in [7, 11) is 0. The molecule has 10 heavy (non-hydrogen) atoms. The summed E-state index contributed by atoms with van der Waals surface area (Å²) in [6.07, 6.45) is 0.865. The summed E-state index contributed by atoms with van der Waals surface area (Å²) in [6.45, 7) is 11.6. The van der Waals surface area contributed by atoms with Gasteiger partial charge >= 0.3 is 0 Å². The van der Waals surface area contributed by atoms with Crippen molar-refractivity contribution >= 4 is 6.72 Å². The molecule has 0 aromatic rings. The first-order valence-corrected chi connectivity index (χ1v) is 3.54. The molecule has 2 nitrogen and oxygen atoms in total. The Bertz CT molecular complexity index is 120. The molecule has 0 unspecified atom stereocenters. The van der Waals surface area contributed by atoms with Crippen LogP contribution in [0.4, 0.5) is 0 Å². The van der Waals surface area contributed by atoms with E-state index >= 15 is 0 Å². The molecule has 60 valence electrons. The first kappa shape index (κ1) is 9.63. The quantitative estimate of drug-likeness (QED) is 0.597. The number of hydrogen-bond donors (Lipinski definition) is 1. The van der Waals surface area contributed by atoms with Gasteiger partial charge in [0.2, 0.25) is 0 Å². The fraction of sp³-hybridized carbons (Fsp3) is 0.875. The number of nitrogens with two attached hydrogens (primary N) is 1. The molecule has 0 bridgehead atoms. The SMILES string of the molecule is C=NC(C)(C)CC(C)(C)N. The van der Waals surface area contributed by atoms with Crippen molar-refractivity contribution in [3.8, 4) is 0 Å². The minimum atomic E-state index is -0.148. The maximum absolute atomic E-state index is 5.81. The van der Waals surface area contributed by atoms with Crippen molar-refractivity contribution in [3.05, 3.63) is 0 Å². The summed E-state index contributed by atoms with van der Waals surface area (Å²) in [4.78, 5) is 3.98. The molecule has 0 fully saturated rings. The lowest BCUT2D eigenvalue weighted by Crippen LogP contribution is -2.39. The summed E-state index contributed by atoms with van der Waals surface area (Å²) in [5, 5.41) is 0. The molecule has 0 aromatic carbocycles. The second-order valence-electron chi connectivity index (χ2n) is 4.14. The largest absolute Gasteiger partial charge is 0.325 e. The van der Waals surface area contributed by atoms with Crippen molar-refractivity contribution in [1.29, 1.82) is 0 Å². The van der Waals surface area contributed by atoms with Crippen molar-refractivity contribution in [2.45, 2.75) is 45.2 Å². The summed E-state index contributed by atoms with van der Waals surface area (Å²) in [6, 6.07) is 0. The van der Waals surface area contributed by atoms with Crippen LogP contribution in [-0.4, -0.2) is 17.8 Å². The van der Waals surface area contributed by atoms with E-state index in [-0.39, 0.29) is 11.1 Å². The highest BCUT2D eigenvalue weighted by Crippen LogP contribution is 2.20. The Balaban J connectivity index is 4.01. The highest BCUT2D eigenvalue weighted by atomic mass is 14.8. The second kappa shape index (κ2) is 2.70. The van der Waals surface area contributed by atoms with E-state index in [1.54, 1.807) is 0 Å². The van der Waals surface area contributed by atoms with Gasteiger partial charge in [-0.2, -0.15) is 0 Å². The average molecular weight is 142 g/mol. The van der Waals surface area contributed by atoms with Gasteiger partial charge in [-0.25, -0.2) is 0 Å². The zero-order valence-electron chi connectivity index (χ0n) is 7.44. The van der Waals surface area contributed by atoms with Crippen LogP contribution >= 0.6 is 0 Å². The molecule has 0 saturated heterocycles. The molecule has 0 heterocycles. The fourth-order valence-corrected chi connectivity index (χ4v) is 1.17. The van der Waals surface area contributed by atoms with Gasteiger partial charge in [-0.15, -0.1) is 0 Å². The summed E-state index contributed by atoms with van der Waals surface area (Å²) in [5.74, 6) is 0. The first-order valence-electron chi connectivity index (χ1n) is 3.54. The topological polar surface area (TPSA) is 38.4 Å². The maximum atomic E-state index is 5.81. The molecule has 2 heteroatoms. The number of hydrogen-bond acceptors (Lipinski definition) is 2. The Morgan fingerprint density at radius 2 is 1.70 bits per heavy atom. The zero-order chi connectivity index (χ0) is 8.41. The van der Waals surface area contributed by atoms with Crippen LogP contribution in [0.1, 0.15) is 34.1 Å². The Hall–Kier alpha value is -0.370. The van der Waals surface area contributed by atoms with E-state index in [9.17, 15) is 0 Å². The van der Waals surface area contributed by atoms with E-state index in [1.165, 1.54) is 0 Å². The van der Waals surface area contributed by atoms with E-state index in [1.807, 2.05) is 27.7 Å². The molecule has 2 N–H and O–H groups in total. The van der Waals surface area contributed by atoms with Gasteiger partial charge in [0, 0.05) is 5.54 Å². The second-order valence-corrected chi connectivity index (χ2v) is 4.14. The predicted molar refractivity (Wildman–Crippen MR) is 46.5 cm³/mol. The van der Waals surface area contributed by atoms with Gasteiger partial charge < -0.3 is 5.73 Å². The molecule has 0 amide bonds. The number of aliphatic imine (C=N–C) groups is 1. The van der Waals surface area contributed by atoms with Crippen molar-refractivity contribution in [2.24, 2.45) is 10.7 Å². The van der Waals surface area contributed by atoms with Crippen LogP contribution in [0.3, 0.4) is 0 Å². The summed E-state index contributed by atoms with van der Waals surface area (Å²) < 4.78 is 0. The molecule has 0 spiro atoms. The van der Waals surface area contributed by atoms with Crippen molar-refractivity contribution in [2.75, 3.05) is 0 Å². The Kier molecular flexibility index (Phi) is 2.60. The molecule has 0 rings (SSSR count). The Morgan fingerprint density at radius 1 is 1.30 bits per heavy atom. The molecular weight excluding hydrogens is 124 g/mol. The van der Waals surface area contributed by atoms with Gasteiger partial charge in [-0.05, 0) is 40.8 Å². The van der Waals surface area contributed by atoms with Crippen LogP contribution in [-0.2, 0) is 0 Å². The third-order valence-electron chi connectivity index (χ3n) is 1.32. The molecular formula is C8H18N2. The van der Waals surface area contributed by atoms with Crippen LogP contribution in [0.5, 0.6) is 0 Å². The van der Waals surface area contributed by atoms with E-state index < -0.39 is 0 Å². The van der Waals surface area contributed by atoms with Gasteiger partial charge in [-0.3, -0.25) is 4.99 Å². The first-order chi connectivity index (χ1) is 4.27. The lowest BCUT2D eigenvalue weighted by atomic mass is 9.88. The standard InChI is InChI=1S/C8H18N2/c1-7(2,9)6-8(3,4)10-5/h5-6,9H2,1-4H3. The minimum absolute atomic E-state index is 0.0851. The van der Waals surface area contributed by atoms with Crippen molar-refractivity contribution in [3.63, 3.8) is 0 Å². The highest BCUT2D eigenvalue weighted by Gasteiger charge is 2.23. The summed E-state index contributed by atoms with van der Waals surface area (Å²) >= 11 is 0. The Morgan fingerprint density at radius 3 is 1.80 bits per heavy atom. The van der Waals surface area contributed by atoms with Crippen LogP contribution in [0.2, 0.25) is 0 Å². The third kappa shape index (κ3) is 4.50. The van der Waals surface area contributed by atoms with Gasteiger partial charge in [0.1, 0.15) is 0 Å². The molecule has 0 aliphatic carbocycles. The maximum Gasteiger partial charge on any atom is 0.0562 e.